The molecule has 0 aliphatic heterocycles. The summed E-state index contributed by atoms with van der Waals surface area (Å²) in [5.41, 5.74) is 6.80. The maximum atomic E-state index is 11.9. The molecule has 0 spiro atoms. The van der Waals surface area contributed by atoms with Crippen LogP contribution in [0.2, 0.25) is 0 Å². The van der Waals surface area contributed by atoms with E-state index in [0.717, 1.165) is 16.9 Å². The van der Waals surface area contributed by atoms with E-state index in [1.54, 1.807) is 18.2 Å². The Bertz CT molecular complexity index is 873. The molecule has 0 aliphatic carbocycles. The van der Waals surface area contributed by atoms with Crippen molar-refractivity contribution in [2.75, 3.05) is 5.73 Å². The van der Waals surface area contributed by atoms with E-state index in [9.17, 15) is 9.70 Å². The van der Waals surface area contributed by atoms with E-state index in [-0.39, 0.29) is 5.56 Å². The second kappa shape index (κ2) is 5.62. The Morgan fingerprint density at radius 3 is 2.95 bits per heavy atom. The number of nitroso groups, excluding NO2 is 1. The number of nitrogens with one attached hydrogen (secondary N) is 1. The molecule has 21 heavy (non-hydrogen) atoms. The molecule has 0 fully saturated rings. The summed E-state index contributed by atoms with van der Waals surface area (Å²) in [6.07, 6.45) is 0. The van der Waals surface area contributed by atoms with Crippen LogP contribution in [0.15, 0.2) is 39.4 Å². The second-order valence-electron chi connectivity index (χ2n) is 4.08. The van der Waals surface area contributed by atoms with Gasteiger partial charge in [-0.3, -0.25) is 4.79 Å². The van der Waals surface area contributed by atoms with E-state index < -0.39 is 0 Å². The first-order chi connectivity index (χ1) is 10.2. The highest BCUT2D eigenvalue weighted by Gasteiger charge is 2.10. The molecule has 0 radical (unpaired) electrons. The van der Waals surface area contributed by atoms with E-state index in [0.29, 0.717) is 32.1 Å². The van der Waals surface area contributed by atoms with E-state index in [4.69, 9.17) is 5.73 Å². The predicted molar refractivity (Wildman–Crippen MR) is 83.9 cm³/mol. The molecule has 7 nitrogen and oxygen atoms in total. The highest BCUT2D eigenvalue weighted by atomic mass is 32.2. The fourth-order valence-electron chi connectivity index (χ4n) is 1.77. The van der Waals surface area contributed by atoms with Crippen molar-refractivity contribution in [3.8, 4) is 0 Å². The molecule has 1 aromatic carbocycles. The van der Waals surface area contributed by atoms with E-state index in [1.807, 2.05) is 6.07 Å². The smallest absolute Gasteiger partial charge is 0.271 e. The van der Waals surface area contributed by atoms with Crippen molar-refractivity contribution in [1.29, 1.82) is 0 Å². The summed E-state index contributed by atoms with van der Waals surface area (Å²) in [6, 6.07) is 7.02. The van der Waals surface area contributed by atoms with Gasteiger partial charge in [-0.2, -0.15) is 0 Å². The van der Waals surface area contributed by atoms with Crippen molar-refractivity contribution >= 4 is 44.3 Å². The van der Waals surface area contributed by atoms with Gasteiger partial charge in [-0.15, -0.1) is 4.91 Å². The number of nitrogens with zero attached hydrogens (tertiary/aromatic N) is 3. The van der Waals surface area contributed by atoms with Gasteiger partial charge in [-0.1, -0.05) is 41.3 Å². The highest BCUT2D eigenvalue weighted by Crippen LogP contribution is 2.27. The molecule has 0 amide bonds. The number of anilines is 1. The fraction of sp³-hybridized carbons (Fsp3) is 0.0833. The first-order valence-corrected chi connectivity index (χ1v) is 7.68. The number of nitrogen functional groups attached to an aromatic ring is 1. The molecule has 2 aromatic heterocycles. The van der Waals surface area contributed by atoms with Gasteiger partial charge in [0.15, 0.2) is 15.9 Å². The van der Waals surface area contributed by atoms with Crippen LogP contribution >= 0.6 is 23.1 Å². The topological polar surface area (TPSA) is 114 Å². The normalized spacial score (nSPS) is 10.9. The maximum absolute atomic E-state index is 11.9. The number of nitrogens with two attached hydrogens (primary N) is 1. The quantitative estimate of drug-likeness (QED) is 0.434. The van der Waals surface area contributed by atoms with Crippen molar-refractivity contribution in [2.45, 2.75) is 10.9 Å². The predicted octanol–water partition coefficient (Wildman–Crippen LogP) is 2.65. The largest absolute Gasteiger partial charge is 0.375 e. The summed E-state index contributed by atoms with van der Waals surface area (Å²) in [4.78, 5) is 33.5. The molecule has 3 N–H and O–H groups in total. The molecule has 2 heterocycles. The van der Waals surface area contributed by atoms with Gasteiger partial charge in [-0.05, 0) is 16.8 Å². The zero-order valence-electron chi connectivity index (χ0n) is 10.6. The van der Waals surface area contributed by atoms with Crippen LogP contribution in [0.1, 0.15) is 5.56 Å². The van der Waals surface area contributed by atoms with E-state index >= 15 is 0 Å². The Labute approximate surface area is 126 Å². The Hall–Kier alpha value is -2.26. The molecular formula is C12H9N5O2S2. The number of thioether (sulfide) groups is 1. The lowest BCUT2D eigenvalue weighted by Crippen LogP contribution is -2.07. The number of aromatic nitrogens is 3. The monoisotopic (exact) mass is 319 g/mol. The number of benzene rings is 1. The molecule has 9 heteroatoms. The van der Waals surface area contributed by atoms with Gasteiger partial charge in [0.05, 0.1) is 0 Å². The first-order valence-electron chi connectivity index (χ1n) is 5.88. The van der Waals surface area contributed by atoms with E-state index in [2.05, 4.69) is 20.1 Å². The van der Waals surface area contributed by atoms with Gasteiger partial charge in [0, 0.05) is 5.75 Å². The Morgan fingerprint density at radius 1 is 1.33 bits per heavy atom. The van der Waals surface area contributed by atoms with Gasteiger partial charge in [0.25, 0.3) is 5.56 Å². The Balaban J connectivity index is 1.88. The minimum absolute atomic E-state index is 0.265. The van der Waals surface area contributed by atoms with Gasteiger partial charge in [-0.25, -0.2) is 9.97 Å². The SMILES string of the molecule is Nc1nc2nc(SCc3ccccc3N=O)[nH]c(=O)c2s1. The molecule has 0 bridgehead atoms. The average Bonchev–Trinajstić information content (AvgIpc) is 2.86. The lowest BCUT2D eigenvalue weighted by Gasteiger charge is -2.02. The summed E-state index contributed by atoms with van der Waals surface area (Å²) in [5.74, 6) is 0.468. The number of thiazole rings is 1. The first kappa shape index (κ1) is 13.7. The standard InChI is InChI=1S/C12H9N5O2S2/c13-11-14-9-8(21-11)10(18)16-12(15-9)20-5-6-3-1-2-4-7(6)17-19/h1-4H,5H2,(H3,13,14,15,16,18). The third kappa shape index (κ3) is 2.78. The maximum Gasteiger partial charge on any atom is 0.271 e. The number of hydrogen-bond donors (Lipinski definition) is 2. The lowest BCUT2D eigenvalue weighted by atomic mass is 10.2. The molecule has 106 valence electrons. The lowest BCUT2D eigenvalue weighted by molar-refractivity contribution is 0.968. The van der Waals surface area contributed by atoms with Crippen LogP contribution in [-0.2, 0) is 5.75 Å². The van der Waals surface area contributed by atoms with Crippen LogP contribution in [0.4, 0.5) is 10.8 Å². The van der Waals surface area contributed by atoms with Crippen molar-refractivity contribution < 1.29 is 0 Å². The van der Waals surface area contributed by atoms with Crippen LogP contribution in [-0.4, -0.2) is 15.0 Å². The van der Waals surface area contributed by atoms with E-state index in [1.165, 1.54) is 11.8 Å². The number of aromatic amines is 1. The van der Waals surface area contributed by atoms with Crippen LogP contribution in [0, 0.1) is 4.91 Å². The number of rotatable bonds is 4. The molecule has 0 atom stereocenters. The summed E-state index contributed by atoms with van der Waals surface area (Å²) >= 11 is 2.40. The molecule has 0 saturated heterocycles. The molecule has 0 saturated carbocycles. The minimum Gasteiger partial charge on any atom is -0.375 e. The third-order valence-electron chi connectivity index (χ3n) is 2.71. The average molecular weight is 319 g/mol. The fourth-order valence-corrected chi connectivity index (χ4v) is 3.29. The molecule has 3 rings (SSSR count). The molecular weight excluding hydrogens is 310 g/mol. The van der Waals surface area contributed by atoms with Crippen LogP contribution in [0.3, 0.4) is 0 Å². The number of hydrogen-bond acceptors (Lipinski definition) is 8. The Morgan fingerprint density at radius 2 is 2.14 bits per heavy atom. The Kier molecular flexibility index (Phi) is 3.67. The van der Waals surface area contributed by atoms with Gasteiger partial charge >= 0.3 is 0 Å². The molecule has 0 unspecified atom stereocenters. The number of fused-ring (bicyclic) bond motifs is 1. The second-order valence-corrected chi connectivity index (χ2v) is 6.08. The highest BCUT2D eigenvalue weighted by molar-refractivity contribution is 7.98. The minimum atomic E-state index is -0.265. The van der Waals surface area contributed by atoms with Crippen molar-refractivity contribution in [2.24, 2.45) is 5.18 Å². The summed E-state index contributed by atoms with van der Waals surface area (Å²) in [7, 11) is 0. The summed E-state index contributed by atoms with van der Waals surface area (Å²) in [5, 5.41) is 3.71. The van der Waals surface area contributed by atoms with Crippen LogP contribution < -0.4 is 11.3 Å². The third-order valence-corrected chi connectivity index (χ3v) is 4.51. The van der Waals surface area contributed by atoms with Crippen molar-refractivity contribution in [3.63, 3.8) is 0 Å². The summed E-state index contributed by atoms with van der Waals surface area (Å²) in [6.45, 7) is 0. The van der Waals surface area contributed by atoms with Gasteiger partial charge in [0.1, 0.15) is 10.4 Å². The summed E-state index contributed by atoms with van der Waals surface area (Å²) < 4.78 is 0.409. The van der Waals surface area contributed by atoms with Crippen LogP contribution in [0.5, 0.6) is 0 Å². The number of H-pyrrole nitrogens is 1. The van der Waals surface area contributed by atoms with Crippen molar-refractivity contribution in [1.82, 2.24) is 15.0 Å². The molecule has 0 aliphatic rings. The van der Waals surface area contributed by atoms with Crippen molar-refractivity contribution in [3.05, 3.63) is 45.1 Å². The van der Waals surface area contributed by atoms with Gasteiger partial charge < -0.3 is 10.7 Å². The molecule has 3 aromatic rings. The zero-order valence-corrected chi connectivity index (χ0v) is 12.2. The zero-order chi connectivity index (χ0) is 14.8. The van der Waals surface area contributed by atoms with Crippen LogP contribution in [0.25, 0.3) is 10.3 Å². The van der Waals surface area contributed by atoms with Gasteiger partial charge in [0.2, 0.25) is 0 Å².